The first-order chi connectivity index (χ1) is 16.2. The number of aromatic nitrogens is 2. The third-order valence-electron chi connectivity index (χ3n) is 5.53. The van der Waals surface area contributed by atoms with Gasteiger partial charge < -0.3 is 26.8 Å². The van der Waals surface area contributed by atoms with Crippen molar-refractivity contribution in [3.8, 4) is 16.9 Å². The fraction of sp³-hybridized carbons (Fsp3) is 0.435. The monoisotopic (exact) mass is 493 g/mol. The third-order valence-corrected chi connectivity index (χ3v) is 5.53. The fourth-order valence-electron chi connectivity index (χ4n) is 4.71. The number of piperidine rings is 1. The lowest BCUT2D eigenvalue weighted by Crippen LogP contribution is -2.61. The van der Waals surface area contributed by atoms with E-state index in [1.165, 1.54) is 30.6 Å². The minimum atomic E-state index is -5.02. The molecule has 0 saturated carbocycles. The first-order valence-corrected chi connectivity index (χ1v) is 10.9. The third kappa shape index (κ3) is 6.98. The van der Waals surface area contributed by atoms with Crippen molar-refractivity contribution in [1.29, 1.82) is 0 Å². The van der Waals surface area contributed by atoms with E-state index in [4.69, 9.17) is 11.5 Å². The second-order valence-electron chi connectivity index (χ2n) is 9.88. The number of hydrogen-bond donors (Lipinski definition) is 5. The number of aromatic amines is 1. The van der Waals surface area contributed by atoms with Gasteiger partial charge in [0.2, 0.25) is 0 Å². The Labute approximate surface area is 201 Å². The fourth-order valence-corrected chi connectivity index (χ4v) is 4.71. The number of allylic oxidation sites excluding steroid dienone is 2. The van der Waals surface area contributed by atoms with Crippen LogP contribution in [0.2, 0.25) is 0 Å². The van der Waals surface area contributed by atoms with Crippen molar-refractivity contribution in [1.82, 2.24) is 20.8 Å². The molecule has 0 aliphatic carbocycles. The van der Waals surface area contributed by atoms with Crippen molar-refractivity contribution in [2.24, 2.45) is 16.6 Å². The summed E-state index contributed by atoms with van der Waals surface area (Å²) < 4.78 is 43.6. The Hall–Kier alpha value is -3.54. The largest absolute Gasteiger partial charge is 0.573 e. The maximum absolute atomic E-state index is 13.1. The molecule has 7 N–H and O–H groups in total. The van der Waals surface area contributed by atoms with E-state index in [0.717, 1.165) is 18.9 Å². The Morgan fingerprint density at radius 3 is 2.37 bits per heavy atom. The smallest absolute Gasteiger partial charge is 0.405 e. The number of nitrogens with two attached hydrogens (primary N) is 2. The Balaban J connectivity index is 1.93. The Morgan fingerprint density at radius 1 is 1.17 bits per heavy atom. The minimum absolute atomic E-state index is 0.0673. The molecule has 35 heavy (non-hydrogen) atoms. The molecule has 2 aromatic rings. The topological polar surface area (TPSA) is 143 Å². The Morgan fingerprint density at radius 2 is 1.83 bits per heavy atom. The molecule has 1 aliphatic heterocycles. The average Bonchev–Trinajstić information content (AvgIpc) is 3.22. The molecule has 3 rings (SSSR count). The van der Waals surface area contributed by atoms with E-state index in [1.807, 2.05) is 0 Å². The molecule has 9 nitrogen and oxygen atoms in total. The molecule has 1 saturated heterocycles. The maximum Gasteiger partial charge on any atom is 0.573 e. The number of rotatable bonds is 7. The molecule has 1 aromatic heterocycles. The second kappa shape index (κ2) is 9.61. The number of alkyl halides is 3. The van der Waals surface area contributed by atoms with Crippen LogP contribution in [0.15, 0.2) is 47.7 Å². The predicted octanol–water partition coefficient (Wildman–Crippen LogP) is 4.37. The summed E-state index contributed by atoms with van der Waals surface area (Å²) in [6, 6.07) is 2.49. The lowest BCUT2D eigenvalue weighted by molar-refractivity contribution is -0.274. The SMILES string of the molecule is CC1(C)CC(N/C(N)=C/C=C(\N)c2c(N=O)cc(-c3cn[nH]c3)cc2OC(F)(F)F)CC(C)(C)N1. The van der Waals surface area contributed by atoms with Gasteiger partial charge in [0.25, 0.3) is 0 Å². The summed E-state index contributed by atoms with van der Waals surface area (Å²) in [5.74, 6) is -0.387. The van der Waals surface area contributed by atoms with Crippen LogP contribution in [0.25, 0.3) is 16.8 Å². The normalized spacial score (nSPS) is 18.8. The summed E-state index contributed by atoms with van der Waals surface area (Å²) in [6.45, 7) is 8.40. The van der Waals surface area contributed by atoms with Crippen LogP contribution in [0, 0.1) is 4.91 Å². The number of benzene rings is 1. The van der Waals surface area contributed by atoms with Crippen molar-refractivity contribution >= 4 is 11.4 Å². The summed E-state index contributed by atoms with van der Waals surface area (Å²) in [4.78, 5) is 11.5. The summed E-state index contributed by atoms with van der Waals surface area (Å²) in [6.07, 6.45) is 2.19. The molecule has 0 radical (unpaired) electrons. The molecular formula is C23H30F3N7O2. The number of nitroso groups, excluding NO2 is 1. The van der Waals surface area contributed by atoms with Crippen molar-refractivity contribution in [3.05, 3.63) is 53.0 Å². The van der Waals surface area contributed by atoms with Gasteiger partial charge in [0.1, 0.15) is 11.4 Å². The van der Waals surface area contributed by atoms with Crippen molar-refractivity contribution < 1.29 is 17.9 Å². The molecule has 0 bridgehead atoms. The van der Waals surface area contributed by atoms with Crippen LogP contribution in [0.1, 0.15) is 46.1 Å². The molecule has 2 heterocycles. The molecule has 0 unspecified atom stereocenters. The van der Waals surface area contributed by atoms with Gasteiger partial charge in [-0.1, -0.05) is 0 Å². The van der Waals surface area contributed by atoms with Crippen LogP contribution in [0.5, 0.6) is 5.75 Å². The minimum Gasteiger partial charge on any atom is -0.405 e. The highest BCUT2D eigenvalue weighted by atomic mass is 19.4. The molecule has 0 amide bonds. The van der Waals surface area contributed by atoms with Crippen LogP contribution < -0.4 is 26.8 Å². The van der Waals surface area contributed by atoms with Crippen LogP contribution in [-0.2, 0) is 0 Å². The van der Waals surface area contributed by atoms with Crippen molar-refractivity contribution in [2.75, 3.05) is 0 Å². The number of halogens is 3. The molecular weight excluding hydrogens is 463 g/mol. The highest BCUT2D eigenvalue weighted by Gasteiger charge is 2.37. The van der Waals surface area contributed by atoms with Gasteiger partial charge in [-0.3, -0.25) is 5.10 Å². The van der Waals surface area contributed by atoms with Crippen LogP contribution >= 0.6 is 0 Å². The molecule has 1 fully saturated rings. The van der Waals surface area contributed by atoms with Crippen molar-refractivity contribution in [2.45, 2.75) is 64.0 Å². The zero-order valence-corrected chi connectivity index (χ0v) is 20.0. The highest BCUT2D eigenvalue weighted by Crippen LogP contribution is 2.40. The molecule has 12 heteroatoms. The van der Waals surface area contributed by atoms with Crippen molar-refractivity contribution in [3.63, 3.8) is 0 Å². The predicted molar refractivity (Wildman–Crippen MR) is 128 cm³/mol. The van der Waals surface area contributed by atoms with E-state index in [-0.39, 0.29) is 45.5 Å². The maximum atomic E-state index is 13.1. The van der Waals surface area contributed by atoms with E-state index in [9.17, 15) is 18.1 Å². The van der Waals surface area contributed by atoms with E-state index in [0.29, 0.717) is 5.56 Å². The second-order valence-corrected chi connectivity index (χ2v) is 9.88. The molecule has 1 aliphatic rings. The summed E-state index contributed by atoms with van der Waals surface area (Å²) >= 11 is 0. The van der Waals surface area contributed by atoms with Gasteiger partial charge in [0.15, 0.2) is 0 Å². The first kappa shape index (κ1) is 26.1. The summed E-state index contributed by atoms with van der Waals surface area (Å²) in [7, 11) is 0. The number of nitrogens with one attached hydrogen (secondary N) is 3. The van der Waals surface area contributed by atoms with Gasteiger partial charge in [0.05, 0.1) is 17.6 Å². The standard InChI is InChI=1S/C23H30F3N7O2/c1-21(2)9-15(10-22(3,4)33-21)31-19(28)6-5-16(27)20-17(32-34)7-13(14-11-29-30-12-14)8-18(20)35-23(24,25)26/h5-8,11-12,15,31,33H,9-10,27-28H2,1-4H3,(H,29,30)/b16-5-,19-6+. The zero-order valence-electron chi connectivity index (χ0n) is 20.0. The van der Waals surface area contributed by atoms with Crippen LogP contribution in [0.3, 0.4) is 0 Å². The van der Waals surface area contributed by atoms with E-state index in [2.05, 4.69) is 58.4 Å². The molecule has 190 valence electrons. The number of nitrogens with zero attached hydrogens (tertiary/aromatic N) is 2. The van der Waals surface area contributed by atoms with Gasteiger partial charge in [-0.05, 0) is 75.6 Å². The summed E-state index contributed by atoms with van der Waals surface area (Å²) in [5.41, 5.74) is 11.9. The molecule has 0 atom stereocenters. The average molecular weight is 494 g/mol. The first-order valence-electron chi connectivity index (χ1n) is 10.9. The van der Waals surface area contributed by atoms with Gasteiger partial charge in [-0.15, -0.1) is 18.1 Å². The van der Waals surface area contributed by atoms with Gasteiger partial charge in [-0.2, -0.15) is 5.10 Å². The highest BCUT2D eigenvalue weighted by molar-refractivity contribution is 5.83. The quantitative estimate of drug-likeness (QED) is 0.285. The zero-order chi connectivity index (χ0) is 26.0. The van der Waals surface area contributed by atoms with Gasteiger partial charge in [-0.25, -0.2) is 0 Å². The lowest BCUT2D eigenvalue weighted by atomic mass is 9.79. The van der Waals surface area contributed by atoms with E-state index in [1.54, 1.807) is 0 Å². The molecule has 1 aromatic carbocycles. The van der Waals surface area contributed by atoms with Crippen LogP contribution in [0.4, 0.5) is 18.9 Å². The van der Waals surface area contributed by atoms with Gasteiger partial charge in [0, 0.05) is 34.6 Å². The van der Waals surface area contributed by atoms with Gasteiger partial charge >= 0.3 is 6.36 Å². The molecule has 0 spiro atoms. The Kier molecular flexibility index (Phi) is 7.16. The van der Waals surface area contributed by atoms with E-state index < -0.39 is 12.1 Å². The van der Waals surface area contributed by atoms with Crippen LogP contribution in [-0.4, -0.2) is 33.7 Å². The number of hydrogen-bond acceptors (Lipinski definition) is 8. The Bertz CT molecular complexity index is 1110. The van der Waals surface area contributed by atoms with E-state index >= 15 is 0 Å². The number of H-pyrrole nitrogens is 1. The summed E-state index contributed by atoms with van der Waals surface area (Å²) in [5, 5.41) is 16.0. The number of ether oxygens (including phenoxy) is 1. The lowest BCUT2D eigenvalue weighted by Gasteiger charge is -2.46.